The summed E-state index contributed by atoms with van der Waals surface area (Å²) in [5.41, 5.74) is 0. The Hall–Kier alpha value is 0.01000. The molecule has 1 aromatic rings. The van der Waals surface area contributed by atoms with Crippen LogP contribution in [0.15, 0.2) is 33.6 Å². The van der Waals surface area contributed by atoms with Crippen molar-refractivity contribution in [3.63, 3.8) is 0 Å². The first-order valence-electron chi connectivity index (χ1n) is 6.34. The summed E-state index contributed by atoms with van der Waals surface area (Å²) in [6.07, 6.45) is 3.90. The Labute approximate surface area is 118 Å². The van der Waals surface area contributed by atoms with Crippen molar-refractivity contribution >= 4 is 27.7 Å². The summed E-state index contributed by atoms with van der Waals surface area (Å²) in [5.74, 6) is 1.22. The molecule has 0 aliphatic rings. The smallest absolute Gasteiger partial charge is 0.0186 e. The van der Waals surface area contributed by atoms with Crippen molar-refractivity contribution in [1.29, 1.82) is 0 Å². The van der Waals surface area contributed by atoms with Crippen LogP contribution in [0.5, 0.6) is 0 Å². The van der Waals surface area contributed by atoms with Crippen molar-refractivity contribution in [2.75, 3.05) is 12.3 Å². The quantitative estimate of drug-likeness (QED) is 0.551. The molecule has 0 saturated heterocycles. The number of halogens is 1. The van der Waals surface area contributed by atoms with Gasteiger partial charge in [0, 0.05) is 15.4 Å². The molecule has 0 bridgehead atoms. The molecule has 1 atom stereocenters. The van der Waals surface area contributed by atoms with E-state index in [-0.39, 0.29) is 0 Å². The molecular formula is C14H22BrNS. The highest BCUT2D eigenvalue weighted by atomic mass is 79.9. The zero-order valence-corrected chi connectivity index (χ0v) is 13.1. The summed E-state index contributed by atoms with van der Waals surface area (Å²) in [7, 11) is 0. The Balaban J connectivity index is 2.08. The molecular weight excluding hydrogens is 294 g/mol. The zero-order chi connectivity index (χ0) is 12.5. The van der Waals surface area contributed by atoms with Crippen molar-refractivity contribution in [3.05, 3.63) is 28.7 Å². The fraction of sp³-hybridized carbons (Fsp3) is 0.571. The minimum atomic E-state index is 0.663. The van der Waals surface area contributed by atoms with Crippen LogP contribution in [0.3, 0.4) is 0 Å². The van der Waals surface area contributed by atoms with Gasteiger partial charge in [-0.1, -0.05) is 35.3 Å². The molecule has 1 unspecified atom stereocenters. The lowest BCUT2D eigenvalue weighted by molar-refractivity contribution is 0.510. The summed E-state index contributed by atoms with van der Waals surface area (Å²) in [5, 5.41) is 3.45. The lowest BCUT2D eigenvalue weighted by Gasteiger charge is -2.11. The van der Waals surface area contributed by atoms with Crippen LogP contribution in [-0.2, 0) is 0 Å². The molecule has 0 aromatic heterocycles. The van der Waals surface area contributed by atoms with Gasteiger partial charge in [0.2, 0.25) is 0 Å². The first kappa shape index (κ1) is 15.1. The highest BCUT2D eigenvalue weighted by molar-refractivity contribution is 9.10. The maximum Gasteiger partial charge on any atom is 0.0186 e. The van der Waals surface area contributed by atoms with Crippen LogP contribution in [0.2, 0.25) is 0 Å². The van der Waals surface area contributed by atoms with Crippen molar-refractivity contribution in [2.24, 2.45) is 0 Å². The second kappa shape index (κ2) is 9.01. The normalized spacial score (nSPS) is 12.6. The van der Waals surface area contributed by atoms with Crippen LogP contribution in [-0.4, -0.2) is 18.3 Å². The summed E-state index contributed by atoms with van der Waals surface area (Å²) < 4.78 is 1.17. The van der Waals surface area contributed by atoms with Crippen LogP contribution >= 0.6 is 27.7 Å². The molecule has 1 nitrogen and oxygen atoms in total. The van der Waals surface area contributed by atoms with Gasteiger partial charge >= 0.3 is 0 Å². The number of unbranched alkanes of at least 4 members (excludes halogenated alkanes) is 1. The van der Waals surface area contributed by atoms with Gasteiger partial charge in [-0.05, 0) is 50.3 Å². The number of nitrogens with one attached hydrogen (secondary N) is 1. The molecule has 0 radical (unpaired) electrons. The average Bonchev–Trinajstić information content (AvgIpc) is 2.29. The van der Waals surface area contributed by atoms with Gasteiger partial charge in [0.1, 0.15) is 0 Å². The Morgan fingerprint density at radius 2 is 2.18 bits per heavy atom. The van der Waals surface area contributed by atoms with Crippen molar-refractivity contribution in [1.82, 2.24) is 5.32 Å². The van der Waals surface area contributed by atoms with E-state index in [0.29, 0.717) is 6.04 Å². The van der Waals surface area contributed by atoms with E-state index in [0.717, 1.165) is 6.54 Å². The minimum Gasteiger partial charge on any atom is -0.315 e. The first-order valence-corrected chi connectivity index (χ1v) is 8.12. The third-order valence-corrected chi connectivity index (χ3v) is 4.22. The van der Waals surface area contributed by atoms with Gasteiger partial charge < -0.3 is 5.32 Å². The summed E-state index contributed by atoms with van der Waals surface area (Å²) in [6, 6.07) is 9.20. The summed E-state index contributed by atoms with van der Waals surface area (Å²) in [6.45, 7) is 5.51. The first-order chi connectivity index (χ1) is 8.22. The maximum absolute atomic E-state index is 3.50. The third-order valence-electron chi connectivity index (χ3n) is 2.65. The van der Waals surface area contributed by atoms with E-state index in [2.05, 4.69) is 59.4 Å². The topological polar surface area (TPSA) is 12.0 Å². The van der Waals surface area contributed by atoms with E-state index in [1.165, 1.54) is 34.4 Å². The van der Waals surface area contributed by atoms with Crippen molar-refractivity contribution in [2.45, 2.75) is 44.0 Å². The van der Waals surface area contributed by atoms with Crippen LogP contribution in [0.25, 0.3) is 0 Å². The van der Waals surface area contributed by atoms with Crippen LogP contribution in [0.4, 0.5) is 0 Å². The lowest BCUT2D eigenvalue weighted by Crippen LogP contribution is -2.25. The Bertz CT molecular complexity index is 317. The molecule has 3 heteroatoms. The number of hydrogen-bond donors (Lipinski definition) is 1. The molecule has 0 spiro atoms. The highest BCUT2D eigenvalue weighted by Crippen LogP contribution is 2.23. The second-order valence-electron chi connectivity index (χ2n) is 4.26. The molecule has 0 aliphatic heterocycles. The lowest BCUT2D eigenvalue weighted by atomic mass is 10.1. The fourth-order valence-corrected chi connectivity index (χ4v) is 3.27. The predicted molar refractivity (Wildman–Crippen MR) is 81.9 cm³/mol. The molecule has 17 heavy (non-hydrogen) atoms. The molecule has 0 fully saturated rings. The van der Waals surface area contributed by atoms with Gasteiger partial charge in [-0.15, -0.1) is 11.8 Å². The van der Waals surface area contributed by atoms with E-state index < -0.39 is 0 Å². The Morgan fingerprint density at radius 3 is 2.88 bits per heavy atom. The van der Waals surface area contributed by atoms with E-state index in [9.17, 15) is 0 Å². The summed E-state index contributed by atoms with van der Waals surface area (Å²) >= 11 is 5.45. The molecule has 0 heterocycles. The largest absolute Gasteiger partial charge is 0.315 e. The van der Waals surface area contributed by atoms with E-state index in [1.807, 2.05) is 11.8 Å². The number of benzene rings is 1. The summed E-state index contributed by atoms with van der Waals surface area (Å²) in [4.78, 5) is 1.36. The number of rotatable bonds is 8. The van der Waals surface area contributed by atoms with Crippen molar-refractivity contribution in [3.8, 4) is 0 Å². The third kappa shape index (κ3) is 7.12. The van der Waals surface area contributed by atoms with E-state index in [1.54, 1.807) is 0 Å². The molecule has 0 amide bonds. The van der Waals surface area contributed by atoms with Gasteiger partial charge in [-0.25, -0.2) is 0 Å². The number of thioether (sulfide) groups is 1. The fourth-order valence-electron chi connectivity index (χ4n) is 1.75. The van der Waals surface area contributed by atoms with Crippen LogP contribution in [0.1, 0.15) is 33.1 Å². The van der Waals surface area contributed by atoms with E-state index in [4.69, 9.17) is 0 Å². The second-order valence-corrected chi connectivity index (χ2v) is 6.34. The van der Waals surface area contributed by atoms with E-state index >= 15 is 0 Å². The highest BCUT2D eigenvalue weighted by Gasteiger charge is 1.99. The molecule has 0 saturated carbocycles. The Kier molecular flexibility index (Phi) is 7.99. The molecule has 96 valence electrons. The minimum absolute atomic E-state index is 0.663. The standard InChI is InChI=1S/C14H22BrNS/c1-3-16-12(2)7-4-5-10-17-14-9-6-8-13(15)11-14/h6,8-9,11-12,16H,3-5,7,10H2,1-2H3. The maximum atomic E-state index is 3.50. The average molecular weight is 316 g/mol. The molecule has 0 aliphatic carbocycles. The molecule has 1 rings (SSSR count). The van der Waals surface area contributed by atoms with Gasteiger partial charge in [0.15, 0.2) is 0 Å². The molecule has 1 aromatic carbocycles. The van der Waals surface area contributed by atoms with Crippen LogP contribution in [0, 0.1) is 0 Å². The van der Waals surface area contributed by atoms with Gasteiger partial charge in [-0.2, -0.15) is 0 Å². The predicted octanol–water partition coefficient (Wildman–Crippen LogP) is 4.71. The Morgan fingerprint density at radius 1 is 1.35 bits per heavy atom. The zero-order valence-electron chi connectivity index (χ0n) is 10.7. The monoisotopic (exact) mass is 315 g/mol. The van der Waals surface area contributed by atoms with Crippen molar-refractivity contribution < 1.29 is 0 Å². The van der Waals surface area contributed by atoms with Gasteiger partial charge in [-0.3, -0.25) is 0 Å². The molecule has 1 N–H and O–H groups in total. The van der Waals surface area contributed by atoms with Crippen LogP contribution < -0.4 is 5.32 Å². The number of hydrogen-bond acceptors (Lipinski definition) is 2. The SMILES string of the molecule is CCNC(C)CCCCSc1cccc(Br)c1. The van der Waals surface area contributed by atoms with Gasteiger partial charge in [0.05, 0.1) is 0 Å². The van der Waals surface area contributed by atoms with Gasteiger partial charge in [0.25, 0.3) is 0 Å².